The van der Waals surface area contributed by atoms with Crippen molar-refractivity contribution < 1.29 is 35.2 Å². The molecule has 0 saturated heterocycles. The van der Waals surface area contributed by atoms with E-state index in [-0.39, 0.29) is 23.3 Å². The monoisotopic (exact) mass is 489 g/mol. The van der Waals surface area contributed by atoms with E-state index in [9.17, 15) is 26.2 Å². The largest absolute Gasteiger partial charge is 0.526 e. The number of alkyl halides is 3. The number of hydrogen-bond donors (Lipinski definition) is 1. The van der Waals surface area contributed by atoms with E-state index in [0.29, 0.717) is 5.56 Å². The van der Waals surface area contributed by atoms with Crippen LogP contribution in [0, 0.1) is 11.8 Å². The molecule has 1 heterocycles. The Morgan fingerprint density at radius 3 is 2.56 bits per heavy atom. The first kappa shape index (κ1) is 22.0. The minimum atomic E-state index is -5.96. The smallest absolute Gasteiger partial charge is 0.404 e. The summed E-state index contributed by atoms with van der Waals surface area (Å²) in [6.07, 6.45) is 11.1. The molecule has 1 fully saturated rings. The molecule has 0 radical (unpaired) electrons. The first-order valence-electron chi connectivity index (χ1n) is 10.7. The van der Waals surface area contributed by atoms with Crippen molar-refractivity contribution in [3.05, 3.63) is 46.7 Å². The number of sulfonamides is 1. The summed E-state index contributed by atoms with van der Waals surface area (Å²) in [6, 6.07) is 3.39. The molecule has 11 heteroatoms. The summed E-state index contributed by atoms with van der Waals surface area (Å²) in [5, 5.41) is 0. The Balaban J connectivity index is 1.69. The molecule has 3 aliphatic carbocycles. The van der Waals surface area contributed by atoms with Crippen LogP contribution in [0.1, 0.15) is 55.2 Å². The van der Waals surface area contributed by atoms with Gasteiger partial charge in [-0.05, 0) is 73.6 Å². The van der Waals surface area contributed by atoms with Crippen LogP contribution in [0.4, 0.5) is 13.2 Å². The second kappa shape index (κ2) is 7.64. The number of rotatable bonds is 2. The Kier molecular flexibility index (Phi) is 5.26. The molecule has 0 amide bonds. The molecule has 5 rings (SSSR count). The summed E-state index contributed by atoms with van der Waals surface area (Å²) in [7, 11) is -10.9. The van der Waals surface area contributed by atoms with Crippen molar-refractivity contribution in [3.8, 4) is 5.75 Å². The molecule has 0 aromatic heterocycles. The van der Waals surface area contributed by atoms with Gasteiger partial charge in [0.15, 0.2) is 0 Å². The normalized spacial score (nSPS) is 29.6. The van der Waals surface area contributed by atoms with Gasteiger partial charge in [-0.1, -0.05) is 29.5 Å². The molecule has 6 nitrogen and oxygen atoms in total. The van der Waals surface area contributed by atoms with Crippen LogP contribution in [0.15, 0.2) is 30.0 Å². The molecule has 1 aromatic carbocycles. The molecule has 1 aromatic rings. The first-order chi connectivity index (χ1) is 15.1. The third-order valence-electron chi connectivity index (χ3n) is 6.69. The van der Waals surface area contributed by atoms with Gasteiger partial charge in [-0.3, -0.25) is 0 Å². The second-order valence-corrected chi connectivity index (χ2v) is 12.3. The lowest BCUT2D eigenvalue weighted by Gasteiger charge is -2.36. The zero-order chi connectivity index (χ0) is 22.7. The van der Waals surface area contributed by atoms with Gasteiger partial charge in [-0.2, -0.15) is 13.2 Å². The van der Waals surface area contributed by atoms with Gasteiger partial charge in [-0.25, -0.2) is 13.0 Å². The van der Waals surface area contributed by atoms with Crippen molar-refractivity contribution in [2.75, 3.05) is 0 Å². The number of aryl methyl sites for hydroxylation is 1. The van der Waals surface area contributed by atoms with Crippen LogP contribution >= 0.6 is 7.75 Å². The van der Waals surface area contributed by atoms with E-state index in [4.69, 9.17) is 9.05 Å². The van der Waals surface area contributed by atoms with Crippen LogP contribution in [0.2, 0.25) is 0 Å². The minimum Gasteiger partial charge on any atom is -0.404 e. The number of hydrogen-bond acceptors (Lipinski definition) is 5. The molecular weight excluding hydrogens is 466 g/mol. The average Bonchev–Trinajstić information content (AvgIpc) is 2.85. The Morgan fingerprint density at radius 2 is 1.78 bits per heavy atom. The van der Waals surface area contributed by atoms with Crippen LogP contribution in [-0.4, -0.2) is 13.9 Å². The maximum atomic E-state index is 13.4. The van der Waals surface area contributed by atoms with Gasteiger partial charge in [0.05, 0.1) is 0 Å². The lowest BCUT2D eigenvalue weighted by atomic mass is 9.69. The predicted octanol–water partition coefficient (Wildman–Crippen LogP) is 5.61. The van der Waals surface area contributed by atoms with Crippen molar-refractivity contribution in [3.63, 3.8) is 0 Å². The quantitative estimate of drug-likeness (QED) is 0.547. The van der Waals surface area contributed by atoms with Crippen LogP contribution < -0.4 is 9.02 Å². The average molecular weight is 489 g/mol. The molecule has 32 heavy (non-hydrogen) atoms. The van der Waals surface area contributed by atoms with E-state index in [2.05, 4.69) is 0 Å². The van der Waals surface area contributed by atoms with Gasteiger partial charge < -0.3 is 9.05 Å². The molecule has 1 N–H and O–H groups in total. The fourth-order valence-electron chi connectivity index (χ4n) is 5.31. The fraction of sp³-hybridized carbons (Fsp3) is 0.524. The number of allylic oxidation sites excluding steroid dienone is 3. The summed E-state index contributed by atoms with van der Waals surface area (Å²) in [4.78, 5) is 0. The standard InChI is InChI=1S/C21H23F3NO5PS/c22-21(23,24)32(27,28)25-31(26)29-17-11-9-13-5-1-3-7-15(13)19(17)20-16-8-4-2-6-14(16)10-12-18(20)30-31/h9-13,15H,1-8H2,(H,25,26). The highest BCUT2D eigenvalue weighted by Crippen LogP contribution is 2.59. The van der Waals surface area contributed by atoms with Gasteiger partial charge in [-0.15, -0.1) is 0 Å². The van der Waals surface area contributed by atoms with Crippen molar-refractivity contribution in [2.24, 2.45) is 11.8 Å². The van der Waals surface area contributed by atoms with E-state index in [0.717, 1.165) is 68.1 Å². The fourth-order valence-corrected chi connectivity index (χ4v) is 8.07. The van der Waals surface area contributed by atoms with Crippen LogP contribution in [0.5, 0.6) is 5.75 Å². The molecule has 4 aliphatic rings. The zero-order valence-electron chi connectivity index (χ0n) is 17.2. The molecule has 3 unspecified atom stereocenters. The summed E-state index contributed by atoms with van der Waals surface area (Å²) in [5.74, 6) is 0.510. The van der Waals surface area contributed by atoms with E-state index >= 15 is 0 Å². The van der Waals surface area contributed by atoms with E-state index in [1.54, 1.807) is 12.1 Å². The molecule has 1 saturated carbocycles. The molecule has 1 aliphatic heterocycles. The summed E-state index contributed by atoms with van der Waals surface area (Å²) in [5.41, 5.74) is -2.02. The van der Waals surface area contributed by atoms with Gasteiger partial charge in [0.2, 0.25) is 0 Å². The third-order valence-corrected chi connectivity index (χ3v) is 10.0. The highest BCUT2D eigenvalue weighted by Gasteiger charge is 2.53. The van der Waals surface area contributed by atoms with Crippen molar-refractivity contribution >= 4 is 23.3 Å². The molecule has 174 valence electrons. The number of nitrogens with one attached hydrogen (secondary N) is 1. The van der Waals surface area contributed by atoms with E-state index in [1.165, 1.54) is 4.49 Å². The van der Waals surface area contributed by atoms with Gasteiger partial charge in [0.1, 0.15) is 11.5 Å². The maximum Gasteiger partial charge on any atom is 0.526 e. The number of halogens is 3. The first-order valence-corrected chi connectivity index (χ1v) is 13.8. The Hall–Kier alpha value is -1.77. The Bertz CT molecular complexity index is 1170. The van der Waals surface area contributed by atoms with E-state index in [1.807, 2.05) is 12.1 Å². The van der Waals surface area contributed by atoms with Crippen LogP contribution in [0.25, 0.3) is 5.57 Å². The second-order valence-electron chi connectivity index (χ2n) is 8.70. The highest BCUT2D eigenvalue weighted by atomic mass is 32.2. The zero-order valence-corrected chi connectivity index (χ0v) is 18.9. The lowest BCUT2D eigenvalue weighted by Crippen LogP contribution is -2.36. The van der Waals surface area contributed by atoms with Crippen molar-refractivity contribution in [2.45, 2.75) is 56.9 Å². The maximum absolute atomic E-state index is 13.4. The molecule has 0 spiro atoms. The van der Waals surface area contributed by atoms with Gasteiger partial charge >= 0.3 is 23.3 Å². The van der Waals surface area contributed by atoms with E-state index < -0.39 is 23.3 Å². The summed E-state index contributed by atoms with van der Waals surface area (Å²) < 4.78 is 88.1. The summed E-state index contributed by atoms with van der Waals surface area (Å²) in [6.45, 7) is 0. The van der Waals surface area contributed by atoms with Gasteiger partial charge in [0.25, 0.3) is 0 Å². The lowest BCUT2D eigenvalue weighted by molar-refractivity contribution is -0.0443. The summed E-state index contributed by atoms with van der Waals surface area (Å²) >= 11 is 0. The predicted molar refractivity (Wildman–Crippen MR) is 112 cm³/mol. The Labute approximate surface area is 184 Å². The van der Waals surface area contributed by atoms with Crippen molar-refractivity contribution in [1.82, 2.24) is 4.49 Å². The third kappa shape index (κ3) is 3.70. The topological polar surface area (TPSA) is 81.7 Å². The number of benzene rings is 1. The van der Waals surface area contributed by atoms with Gasteiger partial charge in [0, 0.05) is 11.1 Å². The Morgan fingerprint density at radius 1 is 1.03 bits per heavy atom. The van der Waals surface area contributed by atoms with Crippen LogP contribution in [0.3, 0.4) is 0 Å². The molecular formula is C21H23F3NO5PS. The molecule has 0 bridgehead atoms. The minimum absolute atomic E-state index is 0.0466. The number of fused-ring (bicyclic) bond motifs is 6. The van der Waals surface area contributed by atoms with Crippen LogP contribution in [-0.2, 0) is 32.0 Å². The SMILES string of the molecule is O=P1(NS(=O)(=O)C(F)(F)F)OC2=C(c3c(ccc4c3CCCC4)O1)C1CCCCC1C=C2. The highest BCUT2D eigenvalue weighted by molar-refractivity contribution is 7.95. The van der Waals surface area contributed by atoms with Crippen molar-refractivity contribution in [1.29, 1.82) is 0 Å². The molecule has 3 atom stereocenters.